The minimum Gasteiger partial charge on any atom is -0.418 e. The van der Waals surface area contributed by atoms with E-state index in [1.165, 1.54) is 0 Å². The van der Waals surface area contributed by atoms with Gasteiger partial charge in [-0.3, -0.25) is 0 Å². The van der Waals surface area contributed by atoms with Gasteiger partial charge in [0.15, 0.2) is 0 Å². The second-order valence-electron chi connectivity index (χ2n) is 6.11. The second-order valence-corrected chi connectivity index (χ2v) is 6.96. The SMILES string of the molecule is CCC(C)c1ccccc1OP(O)Oc1ccccc1C(C)CC. The molecule has 0 aliphatic carbocycles. The molecule has 1 N–H and O–H groups in total. The van der Waals surface area contributed by atoms with Gasteiger partial charge in [0.2, 0.25) is 0 Å². The Labute approximate surface area is 146 Å². The Balaban J connectivity index is 2.14. The predicted octanol–water partition coefficient (Wildman–Crippen LogP) is 6.39. The maximum absolute atomic E-state index is 10.3. The van der Waals surface area contributed by atoms with Crippen molar-refractivity contribution in [1.82, 2.24) is 0 Å². The lowest BCUT2D eigenvalue weighted by Crippen LogP contribution is -2.02. The molecule has 2 rings (SSSR count). The number of rotatable bonds is 8. The number of hydrogen-bond donors (Lipinski definition) is 1. The summed E-state index contributed by atoms with van der Waals surface area (Å²) in [7, 11) is -2.03. The Morgan fingerprint density at radius 3 is 1.54 bits per heavy atom. The molecule has 0 fully saturated rings. The lowest BCUT2D eigenvalue weighted by atomic mass is 9.98. The van der Waals surface area contributed by atoms with E-state index >= 15 is 0 Å². The summed E-state index contributed by atoms with van der Waals surface area (Å²) < 4.78 is 11.5. The first-order chi connectivity index (χ1) is 11.6. The first-order valence-electron chi connectivity index (χ1n) is 8.59. The first-order valence-corrected chi connectivity index (χ1v) is 9.72. The lowest BCUT2D eigenvalue weighted by Gasteiger charge is -2.20. The number of benzene rings is 2. The Kier molecular flexibility index (Phi) is 7.08. The van der Waals surface area contributed by atoms with Gasteiger partial charge in [-0.1, -0.05) is 64.1 Å². The first kappa shape index (κ1) is 18.8. The minimum absolute atomic E-state index is 0.372. The van der Waals surface area contributed by atoms with Gasteiger partial charge < -0.3 is 13.9 Å². The molecule has 2 atom stereocenters. The standard InChI is InChI=1S/C20H27O3P/c1-5-15(3)17-11-7-9-13-19(17)22-24(21)23-20-14-10-8-12-18(20)16(4)6-2/h7-16,21H,5-6H2,1-4H3. The molecule has 0 heterocycles. The van der Waals surface area contributed by atoms with E-state index in [1.54, 1.807) is 0 Å². The predicted molar refractivity (Wildman–Crippen MR) is 101 cm³/mol. The molecule has 0 saturated heterocycles. The van der Waals surface area contributed by atoms with E-state index < -0.39 is 8.60 Å². The van der Waals surface area contributed by atoms with Gasteiger partial charge in [-0.2, -0.15) is 0 Å². The van der Waals surface area contributed by atoms with Crippen molar-refractivity contribution in [3.05, 3.63) is 59.7 Å². The van der Waals surface area contributed by atoms with Crippen molar-refractivity contribution in [2.24, 2.45) is 0 Å². The van der Waals surface area contributed by atoms with Crippen molar-refractivity contribution in [3.63, 3.8) is 0 Å². The normalized spacial score (nSPS) is 14.7. The zero-order valence-electron chi connectivity index (χ0n) is 14.9. The third-order valence-electron chi connectivity index (χ3n) is 4.48. The molecule has 0 saturated carbocycles. The van der Waals surface area contributed by atoms with E-state index in [9.17, 15) is 4.89 Å². The molecule has 2 aromatic rings. The van der Waals surface area contributed by atoms with Crippen LogP contribution in [0.1, 0.15) is 63.5 Å². The van der Waals surface area contributed by atoms with Gasteiger partial charge >= 0.3 is 8.60 Å². The molecule has 130 valence electrons. The van der Waals surface area contributed by atoms with Gasteiger partial charge in [-0.15, -0.1) is 0 Å². The van der Waals surface area contributed by atoms with Crippen molar-refractivity contribution < 1.29 is 13.9 Å². The highest BCUT2D eigenvalue weighted by molar-refractivity contribution is 7.41. The molecular formula is C20H27O3P. The average molecular weight is 346 g/mol. The fourth-order valence-corrected chi connectivity index (χ4v) is 3.27. The number of para-hydroxylation sites is 2. The minimum atomic E-state index is -2.03. The van der Waals surface area contributed by atoms with Crippen molar-refractivity contribution in [2.45, 2.75) is 52.4 Å². The van der Waals surface area contributed by atoms with Crippen LogP contribution in [0.15, 0.2) is 48.5 Å². The van der Waals surface area contributed by atoms with Crippen LogP contribution in [0.5, 0.6) is 11.5 Å². The van der Waals surface area contributed by atoms with Gasteiger partial charge in [0.05, 0.1) is 0 Å². The highest BCUT2D eigenvalue weighted by Crippen LogP contribution is 2.42. The summed E-state index contributed by atoms with van der Waals surface area (Å²) in [6.07, 6.45) is 2.03. The average Bonchev–Trinajstić information content (AvgIpc) is 2.61. The molecule has 0 aliphatic rings. The summed E-state index contributed by atoms with van der Waals surface area (Å²) in [5.41, 5.74) is 2.20. The topological polar surface area (TPSA) is 38.7 Å². The third kappa shape index (κ3) is 4.72. The van der Waals surface area contributed by atoms with Crippen LogP contribution >= 0.6 is 8.60 Å². The quantitative estimate of drug-likeness (QED) is 0.563. The van der Waals surface area contributed by atoms with Crippen molar-refractivity contribution in [2.75, 3.05) is 0 Å². The molecule has 0 bridgehead atoms. The fraction of sp³-hybridized carbons (Fsp3) is 0.400. The summed E-state index contributed by atoms with van der Waals surface area (Å²) in [5, 5.41) is 0. The molecule has 24 heavy (non-hydrogen) atoms. The number of hydrogen-bond acceptors (Lipinski definition) is 3. The van der Waals surface area contributed by atoms with Crippen LogP contribution in [0.25, 0.3) is 0 Å². The molecule has 0 spiro atoms. The van der Waals surface area contributed by atoms with Gasteiger partial charge in [0, 0.05) is 0 Å². The van der Waals surface area contributed by atoms with Crippen LogP contribution in [-0.2, 0) is 0 Å². The maximum Gasteiger partial charge on any atom is 0.460 e. The Morgan fingerprint density at radius 1 is 0.792 bits per heavy atom. The molecule has 0 radical (unpaired) electrons. The summed E-state index contributed by atoms with van der Waals surface area (Å²) >= 11 is 0. The largest absolute Gasteiger partial charge is 0.460 e. The zero-order chi connectivity index (χ0) is 17.5. The monoisotopic (exact) mass is 346 g/mol. The molecule has 2 aromatic carbocycles. The molecule has 0 amide bonds. The molecule has 3 nitrogen and oxygen atoms in total. The molecule has 2 unspecified atom stereocenters. The smallest absolute Gasteiger partial charge is 0.418 e. The van der Waals surface area contributed by atoms with E-state index in [-0.39, 0.29) is 0 Å². The Hall–Kier alpha value is -1.57. The van der Waals surface area contributed by atoms with Crippen molar-refractivity contribution >= 4 is 8.60 Å². The molecule has 0 aromatic heterocycles. The van der Waals surface area contributed by atoms with Crippen LogP contribution in [0, 0.1) is 0 Å². The fourth-order valence-electron chi connectivity index (χ4n) is 2.57. The summed E-state index contributed by atoms with van der Waals surface area (Å²) in [5.74, 6) is 2.14. The molecule has 0 aliphatic heterocycles. The van der Waals surface area contributed by atoms with Gasteiger partial charge in [-0.05, 0) is 47.9 Å². The van der Waals surface area contributed by atoms with Crippen LogP contribution in [0.4, 0.5) is 0 Å². The van der Waals surface area contributed by atoms with Crippen LogP contribution in [0.2, 0.25) is 0 Å². The highest BCUT2D eigenvalue weighted by atomic mass is 31.2. The summed E-state index contributed by atoms with van der Waals surface area (Å²) in [6, 6.07) is 15.7. The van der Waals surface area contributed by atoms with Crippen LogP contribution in [-0.4, -0.2) is 4.89 Å². The van der Waals surface area contributed by atoms with E-state index in [4.69, 9.17) is 9.05 Å². The van der Waals surface area contributed by atoms with Gasteiger partial charge in [-0.25, -0.2) is 0 Å². The lowest BCUT2D eigenvalue weighted by molar-refractivity contribution is 0.376. The van der Waals surface area contributed by atoms with Crippen LogP contribution in [0.3, 0.4) is 0 Å². The third-order valence-corrected chi connectivity index (χ3v) is 5.18. The molecular weight excluding hydrogens is 319 g/mol. The van der Waals surface area contributed by atoms with Gasteiger partial charge in [0.1, 0.15) is 11.5 Å². The zero-order valence-corrected chi connectivity index (χ0v) is 15.8. The van der Waals surface area contributed by atoms with Crippen molar-refractivity contribution in [3.8, 4) is 11.5 Å². The highest BCUT2D eigenvalue weighted by Gasteiger charge is 2.19. The van der Waals surface area contributed by atoms with Crippen molar-refractivity contribution in [1.29, 1.82) is 0 Å². The summed E-state index contributed by atoms with van der Waals surface area (Å²) in [4.78, 5) is 10.3. The maximum atomic E-state index is 10.3. The molecule has 4 heteroatoms. The van der Waals surface area contributed by atoms with Gasteiger partial charge in [0.25, 0.3) is 0 Å². The van der Waals surface area contributed by atoms with E-state index in [2.05, 4.69) is 27.7 Å². The van der Waals surface area contributed by atoms with E-state index in [0.29, 0.717) is 23.3 Å². The Morgan fingerprint density at radius 2 is 1.17 bits per heavy atom. The van der Waals surface area contributed by atoms with E-state index in [0.717, 1.165) is 24.0 Å². The Bertz CT molecular complexity index is 589. The van der Waals surface area contributed by atoms with Crippen LogP contribution < -0.4 is 9.05 Å². The second kappa shape index (κ2) is 9.05. The van der Waals surface area contributed by atoms with E-state index in [1.807, 2.05) is 48.5 Å². The summed E-state index contributed by atoms with van der Waals surface area (Å²) in [6.45, 7) is 8.59.